The highest BCUT2D eigenvalue weighted by atomic mass is 16.3. The lowest BCUT2D eigenvalue weighted by Crippen LogP contribution is -2.02. The van der Waals surface area contributed by atoms with Crippen molar-refractivity contribution in [1.82, 2.24) is 4.57 Å². The number of rotatable bonds is 4. The molecule has 4 N–H and O–H groups in total. The minimum atomic E-state index is 0.933. The first-order valence-corrected chi connectivity index (χ1v) is 16.1. The van der Waals surface area contributed by atoms with Crippen molar-refractivity contribution in [3.63, 3.8) is 0 Å². The molecule has 4 nitrogen and oxygen atoms in total. The second-order valence-corrected chi connectivity index (χ2v) is 11.8. The van der Waals surface area contributed by atoms with Gasteiger partial charge in [0.05, 0.1) is 11.0 Å². The number of aryl methyl sites for hydroxylation is 1. The summed E-state index contributed by atoms with van der Waals surface area (Å²) in [4.78, 5) is 0. The molecule has 0 saturated heterocycles. The molecule has 0 saturated carbocycles. The highest BCUT2D eigenvalue weighted by Gasteiger charge is 2.14. The van der Waals surface area contributed by atoms with Crippen LogP contribution in [0.25, 0.3) is 60.6 Å². The van der Waals surface area contributed by atoms with Gasteiger partial charge in [-0.2, -0.15) is 0 Å². The van der Waals surface area contributed by atoms with Crippen molar-refractivity contribution in [2.45, 2.75) is 13.3 Å². The largest absolute Gasteiger partial charge is 0.456 e. The van der Waals surface area contributed by atoms with E-state index in [-0.39, 0.29) is 0 Å². The molecule has 234 valence electrons. The third-order valence-electron chi connectivity index (χ3n) is 8.81. The lowest BCUT2D eigenvalue weighted by molar-refractivity contribution is 0.666. The predicted octanol–water partition coefficient (Wildman–Crippen LogP) is 10.8. The van der Waals surface area contributed by atoms with Crippen LogP contribution in [0.4, 0.5) is 0 Å². The smallest absolute Gasteiger partial charge is 0.138 e. The first-order valence-electron chi connectivity index (χ1n) is 16.1. The Bertz CT molecular complexity index is 2410. The summed E-state index contributed by atoms with van der Waals surface area (Å²) in [6.45, 7) is 2.10. The van der Waals surface area contributed by atoms with E-state index in [0.29, 0.717) is 0 Å². The minimum Gasteiger partial charge on any atom is -0.456 e. The van der Waals surface area contributed by atoms with Crippen molar-refractivity contribution in [2.75, 3.05) is 0 Å². The Morgan fingerprint density at radius 1 is 0.479 bits per heavy atom. The van der Waals surface area contributed by atoms with E-state index < -0.39 is 0 Å². The van der Waals surface area contributed by atoms with Gasteiger partial charge in [0.1, 0.15) is 11.2 Å². The van der Waals surface area contributed by atoms with Gasteiger partial charge in [0.15, 0.2) is 0 Å². The summed E-state index contributed by atoms with van der Waals surface area (Å²) in [5.74, 6) is 8.00. The van der Waals surface area contributed by atoms with Crippen LogP contribution < -0.4 is 11.7 Å². The number of fused-ring (bicyclic) bond motifs is 6. The zero-order chi connectivity index (χ0) is 32.9. The number of nitrogens with zero attached hydrogens (tertiary/aromatic N) is 1. The molecular formula is C44H37N3O. The van der Waals surface area contributed by atoms with Gasteiger partial charge in [0, 0.05) is 27.2 Å². The van der Waals surface area contributed by atoms with Crippen LogP contribution in [-0.4, -0.2) is 4.57 Å². The first kappa shape index (κ1) is 30.7. The lowest BCUT2D eigenvalue weighted by atomic mass is 10.0. The van der Waals surface area contributed by atoms with Gasteiger partial charge in [-0.3, -0.25) is 11.7 Å². The fraction of sp³-hybridized carbons (Fsp3) is 0.0455. The van der Waals surface area contributed by atoms with E-state index in [2.05, 4.69) is 193 Å². The van der Waals surface area contributed by atoms with Crippen LogP contribution in [0.2, 0.25) is 0 Å². The number of para-hydroxylation sites is 3. The van der Waals surface area contributed by atoms with Crippen molar-refractivity contribution in [3.05, 3.63) is 187 Å². The third kappa shape index (κ3) is 5.98. The lowest BCUT2D eigenvalue weighted by Gasteiger charge is -2.09. The molecule has 4 heteroatoms. The van der Waals surface area contributed by atoms with Gasteiger partial charge in [0.2, 0.25) is 0 Å². The molecule has 2 aromatic heterocycles. The van der Waals surface area contributed by atoms with Gasteiger partial charge < -0.3 is 8.98 Å². The summed E-state index contributed by atoms with van der Waals surface area (Å²) < 4.78 is 8.52. The summed E-state index contributed by atoms with van der Waals surface area (Å²) in [5, 5.41) is 4.87. The highest BCUT2D eigenvalue weighted by molar-refractivity contribution is 6.11. The summed E-state index contributed by atoms with van der Waals surface area (Å²) in [6, 6.07) is 60.0. The Morgan fingerprint density at radius 2 is 1.04 bits per heavy atom. The van der Waals surface area contributed by atoms with Crippen molar-refractivity contribution in [1.29, 1.82) is 0 Å². The fourth-order valence-corrected chi connectivity index (χ4v) is 6.55. The molecule has 48 heavy (non-hydrogen) atoms. The van der Waals surface area contributed by atoms with E-state index in [9.17, 15) is 0 Å². The average Bonchev–Trinajstić information content (AvgIpc) is 3.70. The van der Waals surface area contributed by atoms with Gasteiger partial charge in [-0.25, -0.2) is 0 Å². The van der Waals surface area contributed by atoms with E-state index in [1.54, 1.807) is 0 Å². The molecule has 9 rings (SSSR count). The van der Waals surface area contributed by atoms with Crippen LogP contribution in [0.15, 0.2) is 174 Å². The zero-order valence-corrected chi connectivity index (χ0v) is 26.9. The van der Waals surface area contributed by atoms with Crippen LogP contribution >= 0.6 is 0 Å². The normalized spacial score (nSPS) is 10.9. The highest BCUT2D eigenvalue weighted by Crippen LogP contribution is 2.37. The zero-order valence-electron chi connectivity index (χ0n) is 26.9. The summed E-state index contributed by atoms with van der Waals surface area (Å²) in [5.41, 5.74) is 11.8. The van der Waals surface area contributed by atoms with Crippen LogP contribution in [0.3, 0.4) is 0 Å². The monoisotopic (exact) mass is 623 g/mol. The van der Waals surface area contributed by atoms with Crippen LogP contribution in [0.1, 0.15) is 16.7 Å². The molecule has 0 bridgehead atoms. The number of furan rings is 1. The Hall–Kier alpha value is -5.94. The van der Waals surface area contributed by atoms with Gasteiger partial charge in [0.25, 0.3) is 0 Å². The topological polar surface area (TPSA) is 70.1 Å². The molecule has 0 unspecified atom stereocenters. The number of nitrogens with two attached hydrogens (primary N) is 2. The minimum absolute atomic E-state index is 0.933. The maximum absolute atomic E-state index is 6.16. The predicted molar refractivity (Wildman–Crippen MR) is 202 cm³/mol. The Balaban J connectivity index is 0.000000204. The van der Waals surface area contributed by atoms with E-state index in [0.717, 1.165) is 23.0 Å². The second kappa shape index (κ2) is 13.8. The molecule has 0 radical (unpaired) electrons. The summed E-state index contributed by atoms with van der Waals surface area (Å²) in [6.07, 6.45) is 1.03. The third-order valence-corrected chi connectivity index (χ3v) is 8.81. The fourth-order valence-electron chi connectivity index (χ4n) is 6.55. The molecule has 0 aliphatic carbocycles. The Labute approximate surface area is 280 Å². The van der Waals surface area contributed by atoms with Crippen molar-refractivity contribution in [3.8, 4) is 16.8 Å². The molecule has 0 atom stereocenters. The van der Waals surface area contributed by atoms with Gasteiger partial charge in [-0.05, 0) is 77.6 Å². The number of hydrogen-bond donors (Lipinski definition) is 2. The maximum atomic E-state index is 6.16. The number of hydrogen-bond acceptors (Lipinski definition) is 3. The van der Waals surface area contributed by atoms with E-state index >= 15 is 0 Å². The summed E-state index contributed by atoms with van der Waals surface area (Å²) >= 11 is 0. The molecule has 0 aliphatic heterocycles. The van der Waals surface area contributed by atoms with Crippen LogP contribution in [-0.2, 0) is 6.42 Å². The molecule has 0 fully saturated rings. The second-order valence-electron chi connectivity index (χ2n) is 11.8. The molecule has 2 heterocycles. The Kier molecular flexibility index (Phi) is 8.84. The molecule has 0 aliphatic rings. The van der Waals surface area contributed by atoms with E-state index in [1.807, 2.05) is 0 Å². The van der Waals surface area contributed by atoms with Crippen LogP contribution in [0, 0.1) is 6.92 Å². The standard InChI is InChI=1S/C31H21NO.C13H12.H4N2/c1-20-8-7-12-26-27-18-21(15-17-30(27)33-31(20)26)22-14-16-25-24-11-5-6-13-28(24)32(29(25)19-22)23-9-3-2-4-10-23;1-3-7-12(8-4-1)11-13-9-5-2-6-10-13;1-2/h2-19H,1H3;1-10H,11H2;1-2H2. The SMILES string of the molecule is Cc1cccc2c1oc1ccc(-c3ccc4c5ccccc5n(-c5ccccc5)c4c3)cc12.NN.c1ccc(Cc2ccccc2)cc1. The molecule has 0 spiro atoms. The Morgan fingerprint density at radius 3 is 1.75 bits per heavy atom. The van der Waals surface area contributed by atoms with Gasteiger partial charge >= 0.3 is 0 Å². The number of aromatic nitrogens is 1. The molecule has 7 aromatic carbocycles. The van der Waals surface area contributed by atoms with Crippen molar-refractivity contribution < 1.29 is 4.42 Å². The first-order chi connectivity index (χ1) is 23.7. The molecule has 9 aromatic rings. The van der Waals surface area contributed by atoms with Crippen molar-refractivity contribution in [2.24, 2.45) is 11.7 Å². The van der Waals surface area contributed by atoms with Gasteiger partial charge in [-0.1, -0.05) is 133 Å². The van der Waals surface area contributed by atoms with Crippen molar-refractivity contribution >= 4 is 43.7 Å². The maximum Gasteiger partial charge on any atom is 0.138 e. The summed E-state index contributed by atoms with van der Waals surface area (Å²) in [7, 11) is 0. The van der Waals surface area contributed by atoms with E-state index in [4.69, 9.17) is 4.42 Å². The van der Waals surface area contributed by atoms with Gasteiger partial charge in [-0.15, -0.1) is 0 Å². The van der Waals surface area contributed by atoms with Crippen LogP contribution in [0.5, 0.6) is 0 Å². The molecular weight excluding hydrogens is 587 g/mol. The molecule has 0 amide bonds. The number of benzene rings is 7. The van der Waals surface area contributed by atoms with E-state index in [1.165, 1.54) is 60.7 Å². The average molecular weight is 624 g/mol. The quantitative estimate of drug-likeness (QED) is 0.151. The number of hydrazine groups is 1.